The van der Waals surface area contributed by atoms with Crippen LogP contribution in [-0.4, -0.2) is 35.2 Å². The SMILES string of the molecule is CCOC(=O)CN1C(=O)S/C(=C/c2ccc(C)cc2)C1=O. The summed E-state index contributed by atoms with van der Waals surface area (Å²) in [4.78, 5) is 36.5. The first-order chi connectivity index (χ1) is 10.0. The van der Waals surface area contributed by atoms with Gasteiger partial charge in [0.05, 0.1) is 11.5 Å². The zero-order valence-corrected chi connectivity index (χ0v) is 12.6. The Morgan fingerprint density at radius 2 is 1.95 bits per heavy atom. The van der Waals surface area contributed by atoms with Crippen LogP contribution in [-0.2, 0) is 14.3 Å². The molecule has 1 fully saturated rings. The lowest BCUT2D eigenvalue weighted by Crippen LogP contribution is -2.34. The van der Waals surface area contributed by atoms with Crippen LogP contribution in [0.1, 0.15) is 18.1 Å². The maximum Gasteiger partial charge on any atom is 0.326 e. The fraction of sp³-hybridized carbons (Fsp3) is 0.267. The molecule has 0 N–H and O–H groups in total. The van der Waals surface area contributed by atoms with E-state index in [1.165, 1.54) is 0 Å². The number of esters is 1. The molecule has 0 unspecified atom stereocenters. The van der Waals surface area contributed by atoms with Gasteiger partial charge in [0.2, 0.25) is 0 Å². The summed E-state index contributed by atoms with van der Waals surface area (Å²) in [5, 5.41) is -0.452. The van der Waals surface area contributed by atoms with Gasteiger partial charge >= 0.3 is 5.97 Å². The molecule has 1 aromatic rings. The molecule has 0 saturated carbocycles. The first-order valence-corrected chi connectivity index (χ1v) is 7.30. The van der Waals surface area contributed by atoms with Gasteiger partial charge in [-0.1, -0.05) is 29.8 Å². The van der Waals surface area contributed by atoms with Crippen LogP contribution in [0.2, 0.25) is 0 Å². The van der Waals surface area contributed by atoms with Crippen LogP contribution in [0.3, 0.4) is 0 Å². The molecule has 1 saturated heterocycles. The number of rotatable bonds is 4. The number of aryl methyl sites for hydroxylation is 1. The quantitative estimate of drug-likeness (QED) is 0.632. The second-order valence-corrected chi connectivity index (χ2v) is 5.48. The zero-order chi connectivity index (χ0) is 15.4. The molecule has 5 nitrogen and oxygen atoms in total. The number of hydrogen-bond acceptors (Lipinski definition) is 5. The molecular formula is C15H15NO4S. The van der Waals surface area contributed by atoms with Crippen LogP contribution in [0.15, 0.2) is 29.2 Å². The number of hydrogen-bond donors (Lipinski definition) is 0. The summed E-state index contributed by atoms with van der Waals surface area (Å²) in [6.07, 6.45) is 1.65. The van der Waals surface area contributed by atoms with E-state index >= 15 is 0 Å². The molecule has 110 valence electrons. The third kappa shape index (κ3) is 3.72. The standard InChI is InChI=1S/C15H15NO4S/c1-3-20-13(17)9-16-14(18)12(21-15(16)19)8-11-6-4-10(2)5-7-11/h4-8H,3,9H2,1-2H3/b12-8+. The first kappa shape index (κ1) is 15.3. The largest absolute Gasteiger partial charge is 0.465 e. The average molecular weight is 305 g/mol. The molecule has 0 spiro atoms. The second kappa shape index (κ2) is 6.58. The Bertz CT molecular complexity index is 607. The first-order valence-electron chi connectivity index (χ1n) is 6.49. The molecule has 0 radical (unpaired) electrons. The van der Waals surface area contributed by atoms with E-state index < -0.39 is 17.1 Å². The number of carbonyl (C=O) groups is 3. The molecule has 0 aromatic heterocycles. The summed E-state index contributed by atoms with van der Waals surface area (Å²) in [5.74, 6) is -1.05. The van der Waals surface area contributed by atoms with Crippen LogP contribution >= 0.6 is 11.8 Å². The number of thioether (sulfide) groups is 1. The Morgan fingerprint density at radius 1 is 1.29 bits per heavy atom. The predicted octanol–water partition coefficient (Wildman–Crippen LogP) is 2.59. The van der Waals surface area contributed by atoms with E-state index in [-0.39, 0.29) is 13.2 Å². The van der Waals surface area contributed by atoms with Gasteiger partial charge in [0.15, 0.2) is 0 Å². The smallest absolute Gasteiger partial charge is 0.326 e. The minimum absolute atomic E-state index is 0.217. The third-order valence-electron chi connectivity index (χ3n) is 2.84. The topological polar surface area (TPSA) is 63.7 Å². The van der Waals surface area contributed by atoms with Crippen LogP contribution < -0.4 is 0 Å². The number of amides is 2. The Balaban J connectivity index is 2.13. The Kier molecular flexibility index (Phi) is 4.80. The summed E-state index contributed by atoms with van der Waals surface area (Å²) in [6.45, 7) is 3.51. The number of benzene rings is 1. The van der Waals surface area contributed by atoms with E-state index in [0.717, 1.165) is 27.8 Å². The molecule has 21 heavy (non-hydrogen) atoms. The van der Waals surface area contributed by atoms with Crippen molar-refractivity contribution < 1.29 is 19.1 Å². The summed E-state index contributed by atoms with van der Waals surface area (Å²) in [5.41, 5.74) is 1.95. The van der Waals surface area contributed by atoms with Crippen LogP contribution in [0.25, 0.3) is 6.08 Å². The van der Waals surface area contributed by atoms with Crippen molar-refractivity contribution in [2.24, 2.45) is 0 Å². The van der Waals surface area contributed by atoms with Crippen LogP contribution in [0.5, 0.6) is 0 Å². The number of ether oxygens (including phenoxy) is 1. The number of nitrogens with zero attached hydrogens (tertiary/aromatic N) is 1. The van der Waals surface area contributed by atoms with Crippen molar-refractivity contribution in [2.75, 3.05) is 13.2 Å². The normalized spacial score (nSPS) is 16.7. The van der Waals surface area contributed by atoms with Gasteiger partial charge in [-0.2, -0.15) is 0 Å². The summed E-state index contributed by atoms with van der Waals surface area (Å²) in [6, 6.07) is 7.59. The highest BCUT2D eigenvalue weighted by atomic mass is 32.2. The molecule has 0 aliphatic carbocycles. The summed E-state index contributed by atoms with van der Waals surface area (Å²) >= 11 is 0.832. The monoisotopic (exact) mass is 305 g/mol. The fourth-order valence-electron chi connectivity index (χ4n) is 1.79. The van der Waals surface area contributed by atoms with E-state index in [1.54, 1.807) is 13.0 Å². The van der Waals surface area contributed by atoms with Gasteiger partial charge in [0.25, 0.3) is 11.1 Å². The number of carbonyl (C=O) groups excluding carboxylic acids is 3. The lowest BCUT2D eigenvalue weighted by atomic mass is 10.1. The minimum Gasteiger partial charge on any atom is -0.465 e. The van der Waals surface area contributed by atoms with E-state index in [2.05, 4.69) is 0 Å². The van der Waals surface area contributed by atoms with Crippen molar-refractivity contribution in [2.45, 2.75) is 13.8 Å². The van der Waals surface area contributed by atoms with Gasteiger partial charge in [-0.3, -0.25) is 19.3 Å². The summed E-state index contributed by atoms with van der Waals surface area (Å²) in [7, 11) is 0. The van der Waals surface area contributed by atoms with E-state index in [1.807, 2.05) is 31.2 Å². The second-order valence-electron chi connectivity index (χ2n) is 4.48. The lowest BCUT2D eigenvalue weighted by molar-refractivity contribution is -0.145. The van der Waals surface area contributed by atoms with Crippen molar-refractivity contribution in [3.05, 3.63) is 40.3 Å². The fourth-order valence-corrected chi connectivity index (χ4v) is 2.62. The van der Waals surface area contributed by atoms with Crippen LogP contribution in [0.4, 0.5) is 4.79 Å². The van der Waals surface area contributed by atoms with Crippen molar-refractivity contribution in [1.29, 1.82) is 0 Å². The summed E-state index contributed by atoms with van der Waals surface area (Å²) < 4.78 is 4.75. The highest BCUT2D eigenvalue weighted by Crippen LogP contribution is 2.32. The highest BCUT2D eigenvalue weighted by Gasteiger charge is 2.36. The molecule has 1 heterocycles. The molecule has 6 heteroatoms. The maximum atomic E-state index is 12.1. The van der Waals surface area contributed by atoms with Gasteiger partial charge in [0, 0.05) is 0 Å². The Morgan fingerprint density at radius 3 is 2.57 bits per heavy atom. The van der Waals surface area contributed by atoms with E-state index in [0.29, 0.717) is 4.91 Å². The van der Waals surface area contributed by atoms with Crippen molar-refractivity contribution in [3.63, 3.8) is 0 Å². The zero-order valence-electron chi connectivity index (χ0n) is 11.8. The Labute approximate surface area is 127 Å². The molecular weight excluding hydrogens is 290 g/mol. The average Bonchev–Trinajstić information content (AvgIpc) is 2.69. The minimum atomic E-state index is -0.587. The predicted molar refractivity (Wildman–Crippen MR) is 80.5 cm³/mol. The third-order valence-corrected chi connectivity index (χ3v) is 3.75. The molecule has 1 aromatic carbocycles. The lowest BCUT2D eigenvalue weighted by Gasteiger charge is -2.10. The van der Waals surface area contributed by atoms with E-state index in [9.17, 15) is 14.4 Å². The van der Waals surface area contributed by atoms with Gasteiger partial charge < -0.3 is 4.74 Å². The van der Waals surface area contributed by atoms with Gasteiger partial charge in [-0.05, 0) is 37.2 Å². The maximum absolute atomic E-state index is 12.1. The van der Waals surface area contributed by atoms with Crippen molar-refractivity contribution in [3.8, 4) is 0 Å². The van der Waals surface area contributed by atoms with Gasteiger partial charge in [-0.15, -0.1) is 0 Å². The molecule has 0 atom stereocenters. The molecule has 1 aliphatic rings. The number of imide groups is 1. The van der Waals surface area contributed by atoms with Crippen molar-refractivity contribution >= 4 is 35.0 Å². The van der Waals surface area contributed by atoms with Gasteiger partial charge in [0.1, 0.15) is 6.54 Å². The highest BCUT2D eigenvalue weighted by molar-refractivity contribution is 8.18. The van der Waals surface area contributed by atoms with Crippen LogP contribution in [0, 0.1) is 6.92 Å². The van der Waals surface area contributed by atoms with E-state index in [4.69, 9.17) is 4.74 Å². The molecule has 1 aliphatic heterocycles. The molecule has 2 amide bonds. The molecule has 0 bridgehead atoms. The Hall–Kier alpha value is -2.08. The molecule has 2 rings (SSSR count). The van der Waals surface area contributed by atoms with Crippen molar-refractivity contribution in [1.82, 2.24) is 4.90 Å². The van der Waals surface area contributed by atoms with Gasteiger partial charge in [-0.25, -0.2) is 0 Å².